The molecule has 3 heterocycles. The highest BCUT2D eigenvalue weighted by Gasteiger charge is 2.19. The standard InChI is InChI=1S/C19H15F2N7O/c1-23-19(29)13-8-24-17(26-16(13)22)15-12-6-11(20)7-25-18(12)28(27-15)9-10-4-2-3-5-14(10)21/h2-8H,9H2,1H3,(H,23,29)(H2,22,24,26). The fraction of sp³-hybridized carbons (Fsp3) is 0.105. The van der Waals surface area contributed by atoms with E-state index in [1.54, 1.807) is 18.2 Å². The molecule has 0 aliphatic carbocycles. The number of carbonyl (C=O) groups excluding carboxylic acids is 1. The van der Waals surface area contributed by atoms with Crippen LogP contribution in [-0.4, -0.2) is 37.7 Å². The van der Waals surface area contributed by atoms with E-state index in [9.17, 15) is 13.6 Å². The third-order valence-corrected chi connectivity index (χ3v) is 4.33. The first-order valence-electron chi connectivity index (χ1n) is 8.58. The third-order valence-electron chi connectivity index (χ3n) is 4.33. The van der Waals surface area contributed by atoms with Gasteiger partial charge in [-0.2, -0.15) is 5.10 Å². The maximum absolute atomic E-state index is 14.1. The van der Waals surface area contributed by atoms with Crippen molar-refractivity contribution < 1.29 is 13.6 Å². The molecule has 3 N–H and O–H groups in total. The van der Waals surface area contributed by atoms with Gasteiger partial charge in [-0.15, -0.1) is 0 Å². The average Bonchev–Trinajstić information content (AvgIpc) is 3.06. The molecule has 1 aromatic carbocycles. The number of hydrogen-bond donors (Lipinski definition) is 2. The fourth-order valence-electron chi connectivity index (χ4n) is 2.92. The number of nitrogen functional groups attached to an aromatic ring is 1. The van der Waals surface area contributed by atoms with Gasteiger partial charge in [0.2, 0.25) is 0 Å². The predicted octanol–water partition coefficient (Wildman–Crippen LogP) is 2.16. The molecule has 0 spiro atoms. The second kappa shape index (κ2) is 7.23. The lowest BCUT2D eigenvalue weighted by molar-refractivity contribution is 0.0963. The molecule has 0 fully saturated rings. The molecule has 0 aliphatic rings. The molecule has 4 aromatic rings. The van der Waals surface area contributed by atoms with Crippen LogP contribution < -0.4 is 11.1 Å². The SMILES string of the molecule is CNC(=O)c1cnc(-c2nn(Cc3ccccc3F)c3ncc(F)cc23)nc1N. The van der Waals surface area contributed by atoms with Gasteiger partial charge >= 0.3 is 0 Å². The predicted molar refractivity (Wildman–Crippen MR) is 102 cm³/mol. The molecule has 0 atom stereocenters. The number of anilines is 1. The second-order valence-electron chi connectivity index (χ2n) is 6.19. The summed E-state index contributed by atoms with van der Waals surface area (Å²) in [6, 6.07) is 7.51. The number of amides is 1. The van der Waals surface area contributed by atoms with Crippen molar-refractivity contribution in [3.63, 3.8) is 0 Å². The average molecular weight is 395 g/mol. The number of nitrogens with two attached hydrogens (primary N) is 1. The van der Waals surface area contributed by atoms with Crippen molar-refractivity contribution in [2.75, 3.05) is 12.8 Å². The molecule has 8 nitrogen and oxygen atoms in total. The van der Waals surface area contributed by atoms with Crippen LogP contribution >= 0.6 is 0 Å². The van der Waals surface area contributed by atoms with Gasteiger partial charge in [0, 0.05) is 18.8 Å². The fourth-order valence-corrected chi connectivity index (χ4v) is 2.92. The van der Waals surface area contributed by atoms with Crippen LogP contribution in [0.25, 0.3) is 22.6 Å². The molecule has 0 radical (unpaired) electrons. The molecule has 1 amide bonds. The zero-order valence-corrected chi connectivity index (χ0v) is 15.2. The highest BCUT2D eigenvalue weighted by atomic mass is 19.1. The Morgan fingerprint density at radius 1 is 1.21 bits per heavy atom. The Morgan fingerprint density at radius 2 is 2.00 bits per heavy atom. The molecule has 4 rings (SSSR count). The Labute approximate surface area is 163 Å². The van der Waals surface area contributed by atoms with E-state index < -0.39 is 17.5 Å². The number of carbonyl (C=O) groups is 1. The van der Waals surface area contributed by atoms with Gasteiger partial charge < -0.3 is 11.1 Å². The molecule has 146 valence electrons. The van der Waals surface area contributed by atoms with Gasteiger partial charge in [-0.25, -0.2) is 28.4 Å². The zero-order chi connectivity index (χ0) is 20.5. The van der Waals surface area contributed by atoms with Crippen molar-refractivity contribution in [3.05, 3.63) is 65.5 Å². The molecule has 3 aromatic heterocycles. The topological polar surface area (TPSA) is 112 Å². The quantitative estimate of drug-likeness (QED) is 0.548. The van der Waals surface area contributed by atoms with E-state index in [4.69, 9.17) is 5.73 Å². The van der Waals surface area contributed by atoms with Crippen LogP contribution in [0.15, 0.2) is 42.7 Å². The van der Waals surface area contributed by atoms with Gasteiger partial charge in [-0.05, 0) is 12.1 Å². The first kappa shape index (κ1) is 18.4. The zero-order valence-electron chi connectivity index (χ0n) is 15.2. The summed E-state index contributed by atoms with van der Waals surface area (Å²) in [6.45, 7) is 0.0770. The van der Waals surface area contributed by atoms with Gasteiger partial charge in [-0.1, -0.05) is 18.2 Å². The molecule has 0 aliphatic heterocycles. The monoisotopic (exact) mass is 395 g/mol. The summed E-state index contributed by atoms with van der Waals surface area (Å²) in [6.07, 6.45) is 2.32. The van der Waals surface area contributed by atoms with E-state index in [2.05, 4.69) is 25.4 Å². The summed E-state index contributed by atoms with van der Waals surface area (Å²) in [4.78, 5) is 24.2. The summed E-state index contributed by atoms with van der Waals surface area (Å²) in [7, 11) is 1.46. The van der Waals surface area contributed by atoms with E-state index in [0.717, 1.165) is 6.20 Å². The normalized spacial score (nSPS) is 11.0. The second-order valence-corrected chi connectivity index (χ2v) is 6.19. The minimum atomic E-state index is -0.570. The highest BCUT2D eigenvalue weighted by molar-refractivity contribution is 5.98. The van der Waals surface area contributed by atoms with E-state index >= 15 is 0 Å². The first-order chi connectivity index (χ1) is 14.0. The van der Waals surface area contributed by atoms with Crippen molar-refractivity contribution in [1.29, 1.82) is 0 Å². The molecule has 0 saturated carbocycles. The number of benzene rings is 1. The van der Waals surface area contributed by atoms with Gasteiger partial charge in [0.25, 0.3) is 5.91 Å². The molecular formula is C19H15F2N7O. The summed E-state index contributed by atoms with van der Waals surface area (Å²) in [5.74, 6) is -1.35. The van der Waals surface area contributed by atoms with Crippen LogP contribution in [0, 0.1) is 11.6 Å². The van der Waals surface area contributed by atoms with Gasteiger partial charge in [-0.3, -0.25) is 4.79 Å². The molecule has 0 saturated heterocycles. The number of aromatic nitrogens is 5. The highest BCUT2D eigenvalue weighted by Crippen LogP contribution is 2.27. The minimum absolute atomic E-state index is 0.0458. The van der Waals surface area contributed by atoms with E-state index in [-0.39, 0.29) is 29.4 Å². The van der Waals surface area contributed by atoms with Crippen molar-refractivity contribution in [1.82, 2.24) is 30.0 Å². The van der Waals surface area contributed by atoms with E-state index in [1.165, 1.54) is 30.1 Å². The van der Waals surface area contributed by atoms with Gasteiger partial charge in [0.15, 0.2) is 11.5 Å². The van der Waals surface area contributed by atoms with E-state index in [0.29, 0.717) is 16.6 Å². The lowest BCUT2D eigenvalue weighted by Crippen LogP contribution is -2.20. The number of nitrogens with one attached hydrogen (secondary N) is 1. The number of fused-ring (bicyclic) bond motifs is 1. The molecule has 0 unspecified atom stereocenters. The number of hydrogen-bond acceptors (Lipinski definition) is 6. The third kappa shape index (κ3) is 3.35. The summed E-state index contributed by atoms with van der Waals surface area (Å²) in [5.41, 5.74) is 6.93. The van der Waals surface area contributed by atoms with Crippen LogP contribution in [-0.2, 0) is 6.54 Å². The van der Waals surface area contributed by atoms with Crippen molar-refractivity contribution in [3.8, 4) is 11.5 Å². The Bertz CT molecular complexity index is 1240. The van der Waals surface area contributed by atoms with Crippen LogP contribution in [0.1, 0.15) is 15.9 Å². The summed E-state index contributed by atoms with van der Waals surface area (Å²) in [5, 5.41) is 7.20. The molecular weight excluding hydrogens is 380 g/mol. The van der Waals surface area contributed by atoms with Crippen LogP contribution in [0.4, 0.5) is 14.6 Å². The molecule has 29 heavy (non-hydrogen) atoms. The summed E-state index contributed by atoms with van der Waals surface area (Å²) >= 11 is 0. The number of rotatable bonds is 4. The van der Waals surface area contributed by atoms with Crippen LogP contribution in [0.5, 0.6) is 0 Å². The number of pyridine rings is 1. The lowest BCUT2D eigenvalue weighted by atomic mass is 10.2. The largest absolute Gasteiger partial charge is 0.383 e. The van der Waals surface area contributed by atoms with Crippen molar-refractivity contribution in [2.24, 2.45) is 0 Å². The van der Waals surface area contributed by atoms with Crippen LogP contribution in [0.3, 0.4) is 0 Å². The van der Waals surface area contributed by atoms with Gasteiger partial charge in [0.1, 0.15) is 23.1 Å². The molecule has 0 bridgehead atoms. The number of halogens is 2. The minimum Gasteiger partial charge on any atom is -0.383 e. The molecule has 10 heteroatoms. The van der Waals surface area contributed by atoms with Crippen LogP contribution in [0.2, 0.25) is 0 Å². The Hall–Kier alpha value is -3.95. The Morgan fingerprint density at radius 3 is 2.72 bits per heavy atom. The van der Waals surface area contributed by atoms with Crippen molar-refractivity contribution >= 4 is 22.8 Å². The Balaban J connectivity index is 1.85. The van der Waals surface area contributed by atoms with E-state index in [1.807, 2.05) is 0 Å². The maximum Gasteiger partial charge on any atom is 0.256 e. The van der Waals surface area contributed by atoms with Crippen molar-refractivity contribution in [2.45, 2.75) is 6.54 Å². The Kier molecular flexibility index (Phi) is 4.59. The lowest BCUT2D eigenvalue weighted by Gasteiger charge is -2.05. The maximum atomic E-state index is 14.1. The smallest absolute Gasteiger partial charge is 0.256 e. The number of nitrogens with zero attached hydrogens (tertiary/aromatic N) is 5. The van der Waals surface area contributed by atoms with Gasteiger partial charge in [0.05, 0.1) is 23.7 Å². The summed E-state index contributed by atoms with van der Waals surface area (Å²) < 4.78 is 29.4. The first-order valence-corrected chi connectivity index (χ1v) is 8.58.